The Bertz CT molecular complexity index is 430. The van der Waals surface area contributed by atoms with E-state index in [0.29, 0.717) is 19.3 Å². The molecule has 0 aromatic carbocycles. The van der Waals surface area contributed by atoms with Gasteiger partial charge in [0.05, 0.1) is 12.7 Å². The second kappa shape index (κ2) is 10.3. The molecule has 0 aromatic heterocycles. The number of halogens is 2. The Morgan fingerprint density at radius 2 is 2.00 bits per heavy atom. The van der Waals surface area contributed by atoms with Gasteiger partial charge in [-0.3, -0.25) is 4.79 Å². The van der Waals surface area contributed by atoms with Crippen LogP contribution in [0.5, 0.6) is 0 Å². The van der Waals surface area contributed by atoms with Gasteiger partial charge in [-0.1, -0.05) is 33.4 Å². The summed E-state index contributed by atoms with van der Waals surface area (Å²) in [4.78, 5) is 11.8. The molecule has 0 saturated heterocycles. The fourth-order valence-electron chi connectivity index (χ4n) is 1.51. The molecule has 1 N–H and O–H groups in total. The van der Waals surface area contributed by atoms with Gasteiger partial charge in [0.25, 0.3) is 0 Å². The quantitative estimate of drug-likeness (QED) is 0.205. The molecular weight excluding hydrogens is 443 g/mol. The smallest absolute Gasteiger partial charge is 0.192 e. The van der Waals surface area contributed by atoms with Crippen LogP contribution in [-0.2, 0) is 9.22 Å². The second-order valence-electron chi connectivity index (χ2n) is 7.32. The van der Waals surface area contributed by atoms with Gasteiger partial charge in [-0.2, -0.15) is 0 Å². The minimum absolute atomic E-state index is 0.0268. The molecule has 0 aliphatic rings. The Morgan fingerprint density at radius 1 is 1.43 bits per heavy atom. The van der Waals surface area contributed by atoms with E-state index in [1.807, 2.05) is 0 Å². The summed E-state index contributed by atoms with van der Waals surface area (Å²) < 4.78 is 6.91. The molecule has 0 rings (SSSR count). The standard InChI is InChI=1S/C17H30ClIO3Si/c1-13(19)11-14(18)7-8-15(20)9-10-16(21)12-22-23(5,6)17(2,3)4/h9-10,14,16,21H,1,7-8,11-12H2,2-6H3/b10-9+/t14-,16?/m1/s1. The van der Waals surface area contributed by atoms with E-state index in [0.717, 1.165) is 3.58 Å². The maximum atomic E-state index is 11.8. The highest BCUT2D eigenvalue weighted by atomic mass is 127. The van der Waals surface area contributed by atoms with E-state index in [1.54, 1.807) is 0 Å². The Labute approximate surface area is 160 Å². The third kappa shape index (κ3) is 10.7. The van der Waals surface area contributed by atoms with E-state index in [2.05, 4.69) is 63.0 Å². The summed E-state index contributed by atoms with van der Waals surface area (Å²) in [5.41, 5.74) is 0. The molecule has 0 aromatic rings. The number of carbonyl (C=O) groups is 1. The van der Waals surface area contributed by atoms with E-state index < -0.39 is 14.4 Å². The van der Waals surface area contributed by atoms with Crippen molar-refractivity contribution in [1.82, 2.24) is 0 Å². The number of aliphatic hydroxyl groups is 1. The normalized spacial score (nSPS) is 15.7. The molecule has 0 aliphatic carbocycles. The summed E-state index contributed by atoms with van der Waals surface area (Å²) in [6, 6.07) is 0. The molecule has 0 fully saturated rings. The van der Waals surface area contributed by atoms with Gasteiger partial charge in [0.15, 0.2) is 14.1 Å². The molecule has 134 valence electrons. The average molecular weight is 473 g/mol. The molecule has 0 amide bonds. The van der Waals surface area contributed by atoms with E-state index in [-0.39, 0.29) is 22.8 Å². The molecule has 0 radical (unpaired) electrons. The molecular formula is C17H30ClIO3Si. The van der Waals surface area contributed by atoms with Crippen molar-refractivity contribution in [3.63, 3.8) is 0 Å². The molecule has 3 nitrogen and oxygen atoms in total. The number of ketones is 1. The Balaban J connectivity index is 4.19. The van der Waals surface area contributed by atoms with Crippen LogP contribution in [0.15, 0.2) is 22.3 Å². The summed E-state index contributed by atoms with van der Waals surface area (Å²) in [5, 5.41) is 9.98. The molecule has 0 aliphatic heterocycles. The fraction of sp³-hybridized carbons (Fsp3) is 0.706. The van der Waals surface area contributed by atoms with Crippen molar-refractivity contribution < 1.29 is 14.3 Å². The first-order valence-electron chi connectivity index (χ1n) is 7.85. The third-order valence-corrected chi connectivity index (χ3v) is 9.39. The van der Waals surface area contributed by atoms with Gasteiger partial charge in [0.2, 0.25) is 0 Å². The van der Waals surface area contributed by atoms with Crippen molar-refractivity contribution in [2.24, 2.45) is 0 Å². The topological polar surface area (TPSA) is 46.5 Å². The lowest BCUT2D eigenvalue weighted by Crippen LogP contribution is -2.42. The maximum absolute atomic E-state index is 11.8. The van der Waals surface area contributed by atoms with Crippen LogP contribution in [0.4, 0.5) is 0 Å². The molecule has 1 unspecified atom stereocenters. The minimum Gasteiger partial charge on any atom is -0.414 e. The van der Waals surface area contributed by atoms with Crippen LogP contribution < -0.4 is 0 Å². The monoisotopic (exact) mass is 472 g/mol. The zero-order valence-corrected chi connectivity index (χ0v) is 18.8. The van der Waals surface area contributed by atoms with Crippen LogP contribution in [0.3, 0.4) is 0 Å². The molecule has 0 heterocycles. The third-order valence-electron chi connectivity index (χ3n) is 4.07. The van der Waals surface area contributed by atoms with E-state index >= 15 is 0 Å². The van der Waals surface area contributed by atoms with Crippen LogP contribution in [-0.4, -0.2) is 37.3 Å². The van der Waals surface area contributed by atoms with Gasteiger partial charge in [0.1, 0.15) is 0 Å². The zero-order chi connectivity index (χ0) is 18.3. The number of carbonyl (C=O) groups excluding carboxylic acids is 1. The van der Waals surface area contributed by atoms with Gasteiger partial charge in [-0.05, 0) is 63.2 Å². The van der Waals surface area contributed by atoms with Crippen LogP contribution in [0.25, 0.3) is 0 Å². The molecule has 2 atom stereocenters. The fourth-order valence-corrected chi connectivity index (χ4v) is 3.62. The first-order chi connectivity index (χ1) is 10.3. The number of allylic oxidation sites excluding steroid dienone is 2. The number of rotatable bonds is 10. The molecule has 23 heavy (non-hydrogen) atoms. The van der Waals surface area contributed by atoms with E-state index in [4.69, 9.17) is 16.0 Å². The highest BCUT2D eigenvalue weighted by Gasteiger charge is 2.37. The van der Waals surface area contributed by atoms with Gasteiger partial charge >= 0.3 is 0 Å². The minimum atomic E-state index is -1.87. The highest BCUT2D eigenvalue weighted by Crippen LogP contribution is 2.36. The van der Waals surface area contributed by atoms with Crippen LogP contribution in [0, 0.1) is 0 Å². The predicted octanol–water partition coefficient (Wildman–Crippen LogP) is 5.22. The Hall–Kier alpha value is 0.307. The van der Waals surface area contributed by atoms with Crippen LogP contribution >= 0.6 is 34.2 Å². The number of hydrogen-bond acceptors (Lipinski definition) is 3. The number of hydrogen-bond donors (Lipinski definition) is 1. The van der Waals surface area contributed by atoms with Crippen LogP contribution in [0.2, 0.25) is 18.1 Å². The van der Waals surface area contributed by atoms with Crippen molar-refractivity contribution in [2.75, 3.05) is 6.61 Å². The first kappa shape index (κ1) is 23.3. The zero-order valence-electron chi connectivity index (χ0n) is 14.9. The van der Waals surface area contributed by atoms with Crippen molar-refractivity contribution in [3.8, 4) is 0 Å². The summed E-state index contributed by atoms with van der Waals surface area (Å²) in [6.45, 7) is 14.8. The Kier molecular flexibility index (Phi) is 10.5. The lowest BCUT2D eigenvalue weighted by atomic mass is 10.1. The van der Waals surface area contributed by atoms with Crippen molar-refractivity contribution >= 4 is 48.3 Å². The predicted molar refractivity (Wildman–Crippen MR) is 110 cm³/mol. The summed E-state index contributed by atoms with van der Waals surface area (Å²) in [5.74, 6) is -0.0268. The van der Waals surface area contributed by atoms with Gasteiger partial charge in [0, 0.05) is 11.8 Å². The van der Waals surface area contributed by atoms with Gasteiger partial charge in [-0.25, -0.2) is 0 Å². The van der Waals surface area contributed by atoms with Gasteiger partial charge in [-0.15, -0.1) is 11.6 Å². The van der Waals surface area contributed by atoms with E-state index in [1.165, 1.54) is 12.2 Å². The SMILES string of the molecule is C=C(I)C[C@H](Cl)CCC(=O)/C=C/C(O)CO[Si](C)(C)C(C)(C)C. The summed E-state index contributed by atoms with van der Waals surface area (Å²) >= 11 is 8.26. The summed E-state index contributed by atoms with van der Waals surface area (Å²) in [6.07, 6.45) is 3.89. The van der Waals surface area contributed by atoms with E-state index in [9.17, 15) is 9.90 Å². The Morgan fingerprint density at radius 3 is 2.48 bits per heavy atom. The molecule has 0 saturated carbocycles. The van der Waals surface area contributed by atoms with Crippen LogP contribution in [0.1, 0.15) is 40.0 Å². The largest absolute Gasteiger partial charge is 0.414 e. The molecule has 0 spiro atoms. The lowest BCUT2D eigenvalue weighted by molar-refractivity contribution is -0.114. The van der Waals surface area contributed by atoms with Crippen molar-refractivity contribution in [3.05, 3.63) is 22.3 Å². The summed E-state index contributed by atoms with van der Waals surface area (Å²) in [7, 11) is -1.87. The lowest BCUT2D eigenvalue weighted by Gasteiger charge is -2.36. The average Bonchev–Trinajstić information content (AvgIpc) is 2.38. The van der Waals surface area contributed by atoms with Crippen molar-refractivity contribution in [1.29, 1.82) is 0 Å². The molecule has 0 bridgehead atoms. The highest BCUT2D eigenvalue weighted by molar-refractivity contribution is 14.1. The second-order valence-corrected chi connectivity index (χ2v) is 14.3. The van der Waals surface area contributed by atoms with Gasteiger partial charge < -0.3 is 9.53 Å². The number of alkyl halides is 1. The molecule has 6 heteroatoms. The van der Waals surface area contributed by atoms with Crippen molar-refractivity contribution in [2.45, 2.75) is 69.6 Å². The maximum Gasteiger partial charge on any atom is 0.192 e. The first-order valence-corrected chi connectivity index (χ1v) is 12.3. The number of aliphatic hydroxyl groups excluding tert-OH is 1.